The Kier molecular flexibility index (Phi) is 11.7. The summed E-state index contributed by atoms with van der Waals surface area (Å²) in [6.45, 7) is 1.91. The predicted octanol–water partition coefficient (Wildman–Crippen LogP) is 2.98. The van der Waals surface area contributed by atoms with Crippen LogP contribution in [0, 0.1) is 6.92 Å². The summed E-state index contributed by atoms with van der Waals surface area (Å²) < 4.78 is 6.26. The van der Waals surface area contributed by atoms with Gasteiger partial charge in [0.25, 0.3) is 0 Å². The molecule has 254 valence electrons. The zero-order valence-corrected chi connectivity index (χ0v) is 27.4. The molecule has 10 heteroatoms. The Morgan fingerprint density at radius 3 is 2.49 bits per heavy atom. The molecule has 2 saturated carbocycles. The van der Waals surface area contributed by atoms with Crippen LogP contribution in [-0.4, -0.2) is 92.0 Å². The fourth-order valence-corrected chi connectivity index (χ4v) is 6.02. The smallest absolute Gasteiger partial charge is 0.222 e. The maximum Gasteiger partial charge on any atom is 0.222 e. The van der Waals surface area contributed by atoms with E-state index in [1.165, 1.54) is 34.2 Å². The lowest BCUT2D eigenvalue weighted by Crippen LogP contribution is -2.49. The number of aromatic nitrogens is 1. The van der Waals surface area contributed by atoms with Crippen molar-refractivity contribution in [3.8, 4) is 16.9 Å². The van der Waals surface area contributed by atoms with Crippen molar-refractivity contribution in [2.45, 2.75) is 101 Å². The van der Waals surface area contributed by atoms with Crippen LogP contribution in [-0.2, 0) is 23.3 Å². The highest BCUT2D eigenvalue weighted by Crippen LogP contribution is 2.50. The van der Waals surface area contributed by atoms with Crippen molar-refractivity contribution in [1.82, 2.24) is 15.2 Å². The van der Waals surface area contributed by atoms with Crippen molar-refractivity contribution in [3.63, 3.8) is 0 Å². The first-order chi connectivity index (χ1) is 22.6. The van der Waals surface area contributed by atoms with Crippen molar-refractivity contribution in [2.24, 2.45) is 0 Å². The molecule has 0 spiro atoms. The summed E-state index contributed by atoms with van der Waals surface area (Å²) in [5.74, 6) is 0.745. The van der Waals surface area contributed by atoms with Crippen LogP contribution in [0.4, 0.5) is 0 Å². The molecule has 4 atom stereocenters. The number of carbonyl (C=O) groups excluding carboxylic acids is 1. The van der Waals surface area contributed by atoms with Crippen molar-refractivity contribution in [1.29, 1.82) is 0 Å². The number of hydrogen-bond acceptors (Lipinski definition) is 9. The molecule has 5 rings (SSSR count). The molecule has 0 aliphatic heterocycles. The third-order valence-corrected chi connectivity index (χ3v) is 9.43. The van der Waals surface area contributed by atoms with E-state index >= 15 is 0 Å². The predicted molar refractivity (Wildman–Crippen MR) is 179 cm³/mol. The normalized spacial score (nSPS) is 17.9. The second kappa shape index (κ2) is 15.7. The maximum atomic E-state index is 12.6. The molecule has 0 unspecified atom stereocenters. The Labute approximate surface area is 277 Å². The number of carbonyl (C=O) groups is 1. The molecule has 1 heterocycles. The van der Waals surface area contributed by atoms with E-state index in [-0.39, 0.29) is 24.4 Å². The standard InChI is InChI=1S/C37H49N3O7/c1-24-11-12-25(7-3-6-10-34(44)40(2)22-31(42)35(45)36(46)32(43)23-41)19-26(24)20-39-37(16-17-37)30-21-38-18-15-28(30)29-8-4-5-9-33(29)47-27-13-14-27/h4-5,8-9,11-12,15,18-19,21,27,31-32,35-36,39,41-43,45-46H,3,6-7,10,13-14,16-17,20,22-23H2,1-2H3/t31-,32+,35+,36+/m0/s1. The van der Waals surface area contributed by atoms with Gasteiger partial charge >= 0.3 is 0 Å². The molecule has 10 nitrogen and oxygen atoms in total. The van der Waals surface area contributed by atoms with Crippen molar-refractivity contribution >= 4 is 5.91 Å². The number of aliphatic hydroxyl groups excluding tert-OH is 5. The molecule has 2 aliphatic rings. The summed E-state index contributed by atoms with van der Waals surface area (Å²) in [7, 11) is 1.52. The minimum absolute atomic E-state index is 0.133. The highest BCUT2D eigenvalue weighted by Gasteiger charge is 2.46. The lowest BCUT2D eigenvalue weighted by Gasteiger charge is -2.28. The first kappa shape index (κ1) is 34.9. The van der Waals surface area contributed by atoms with Crippen LogP contribution >= 0.6 is 0 Å². The fourth-order valence-electron chi connectivity index (χ4n) is 6.02. The number of aliphatic hydroxyl groups is 5. The molecule has 2 aliphatic carbocycles. The third kappa shape index (κ3) is 8.95. The lowest BCUT2D eigenvalue weighted by molar-refractivity contribution is -0.138. The van der Waals surface area contributed by atoms with E-state index in [1.54, 1.807) is 0 Å². The van der Waals surface area contributed by atoms with Crippen LogP contribution in [0.15, 0.2) is 60.9 Å². The van der Waals surface area contributed by atoms with E-state index in [9.17, 15) is 25.2 Å². The number of nitrogens with one attached hydrogen (secondary N) is 1. The second-order valence-electron chi connectivity index (χ2n) is 13.2. The van der Waals surface area contributed by atoms with Gasteiger partial charge in [-0.25, -0.2) is 0 Å². The molecule has 1 aromatic heterocycles. The number of hydrogen-bond donors (Lipinski definition) is 6. The van der Waals surface area contributed by atoms with E-state index in [1.807, 2.05) is 18.5 Å². The summed E-state index contributed by atoms with van der Waals surface area (Å²) in [5.41, 5.74) is 7.02. The number of nitrogens with zero attached hydrogens (tertiary/aromatic N) is 2. The molecule has 3 aromatic rings. The topological polar surface area (TPSA) is 156 Å². The number of likely N-dealkylation sites (N-methyl/N-ethyl adjacent to an activating group) is 1. The molecule has 0 saturated heterocycles. The van der Waals surface area contributed by atoms with Crippen LogP contribution in [0.3, 0.4) is 0 Å². The lowest BCUT2D eigenvalue weighted by atomic mass is 9.94. The average molecular weight is 648 g/mol. The van der Waals surface area contributed by atoms with Gasteiger partial charge in [-0.1, -0.05) is 36.4 Å². The first-order valence-electron chi connectivity index (χ1n) is 16.7. The summed E-state index contributed by atoms with van der Waals surface area (Å²) in [5, 5.41) is 52.3. The van der Waals surface area contributed by atoms with Crippen LogP contribution in [0.5, 0.6) is 5.75 Å². The van der Waals surface area contributed by atoms with Gasteiger partial charge in [-0.05, 0) is 91.8 Å². The third-order valence-electron chi connectivity index (χ3n) is 9.43. The molecular weight excluding hydrogens is 598 g/mol. The van der Waals surface area contributed by atoms with E-state index in [2.05, 4.69) is 59.7 Å². The molecule has 1 amide bonds. The number of para-hydroxylation sites is 1. The maximum absolute atomic E-state index is 12.6. The summed E-state index contributed by atoms with van der Waals surface area (Å²) >= 11 is 0. The van der Waals surface area contributed by atoms with Crippen LogP contribution in [0.2, 0.25) is 0 Å². The van der Waals surface area contributed by atoms with E-state index in [4.69, 9.17) is 9.84 Å². The van der Waals surface area contributed by atoms with E-state index in [0.29, 0.717) is 12.5 Å². The minimum atomic E-state index is -1.72. The van der Waals surface area contributed by atoms with Gasteiger partial charge < -0.3 is 40.5 Å². The molecule has 6 N–H and O–H groups in total. The van der Waals surface area contributed by atoms with Gasteiger partial charge in [-0.2, -0.15) is 0 Å². The summed E-state index contributed by atoms with van der Waals surface area (Å²) in [6, 6.07) is 16.9. The SMILES string of the molecule is Cc1ccc(CCCCC(=O)N(C)C[C@H](O)[C@@H](O)[C@H](O)[C@H](O)CO)cc1CNC1(c2cnccc2-c2ccccc2OC2CC2)CC1. The Bertz CT molecular complexity index is 1490. The number of unbranched alkanes of at least 4 members (excludes halogenated alkanes) is 1. The zero-order valence-electron chi connectivity index (χ0n) is 27.4. The highest BCUT2D eigenvalue weighted by molar-refractivity contribution is 5.76. The van der Waals surface area contributed by atoms with Crippen molar-refractivity contribution in [2.75, 3.05) is 20.2 Å². The van der Waals surface area contributed by atoms with Gasteiger partial charge in [0.1, 0.15) is 30.2 Å². The number of pyridine rings is 1. The molecule has 2 fully saturated rings. The van der Waals surface area contributed by atoms with Gasteiger partial charge in [0, 0.05) is 50.1 Å². The summed E-state index contributed by atoms with van der Waals surface area (Å²) in [4.78, 5) is 18.4. The van der Waals surface area contributed by atoms with Crippen molar-refractivity contribution in [3.05, 3.63) is 83.2 Å². The number of ether oxygens (including phenoxy) is 1. The highest BCUT2D eigenvalue weighted by atomic mass is 16.5. The Morgan fingerprint density at radius 1 is 1.02 bits per heavy atom. The number of rotatable bonds is 18. The van der Waals surface area contributed by atoms with Gasteiger partial charge in [0.05, 0.1) is 12.7 Å². The van der Waals surface area contributed by atoms with Crippen molar-refractivity contribution < 1.29 is 35.1 Å². The van der Waals surface area contributed by atoms with E-state index in [0.717, 1.165) is 61.9 Å². The molecule has 0 bridgehead atoms. The number of aryl methyl sites for hydroxylation is 2. The quantitative estimate of drug-likeness (QED) is 0.114. The average Bonchev–Trinajstić information content (AvgIpc) is 4.03. The van der Waals surface area contributed by atoms with Crippen LogP contribution < -0.4 is 10.1 Å². The second-order valence-corrected chi connectivity index (χ2v) is 13.2. The van der Waals surface area contributed by atoms with Crippen LogP contribution in [0.25, 0.3) is 11.1 Å². The Balaban J connectivity index is 1.13. The van der Waals surface area contributed by atoms with Gasteiger partial charge in [0.2, 0.25) is 5.91 Å². The number of amides is 1. The largest absolute Gasteiger partial charge is 0.490 e. The molecule has 47 heavy (non-hydrogen) atoms. The van der Waals surface area contributed by atoms with Crippen LogP contribution in [0.1, 0.15) is 67.2 Å². The summed E-state index contributed by atoms with van der Waals surface area (Å²) in [6.07, 6.45) is 4.61. The Morgan fingerprint density at radius 2 is 1.77 bits per heavy atom. The zero-order chi connectivity index (χ0) is 33.6. The Hall–Kier alpha value is -3.38. The fraction of sp³-hybridized carbons (Fsp3) is 0.514. The molecule has 0 radical (unpaired) electrons. The van der Waals surface area contributed by atoms with Gasteiger partial charge in [-0.15, -0.1) is 0 Å². The monoisotopic (exact) mass is 647 g/mol. The first-order valence-corrected chi connectivity index (χ1v) is 16.7. The van der Waals surface area contributed by atoms with E-state index < -0.39 is 31.0 Å². The van der Waals surface area contributed by atoms with Gasteiger partial charge in [-0.3, -0.25) is 9.78 Å². The number of benzene rings is 2. The minimum Gasteiger partial charge on any atom is -0.490 e. The molecule has 2 aromatic carbocycles. The molecular formula is C37H49N3O7. The van der Waals surface area contributed by atoms with Gasteiger partial charge in [0.15, 0.2) is 0 Å².